The number of nitrogens with zero attached hydrogens (tertiary/aromatic N) is 3. The molecule has 0 aromatic carbocycles. The number of nitrogens with one attached hydrogen (secondary N) is 1. The highest BCUT2D eigenvalue weighted by Gasteiger charge is 2.66. The lowest BCUT2D eigenvalue weighted by atomic mass is 9.60. The molecular formula is C18H32N4O4S. The molecule has 9 heteroatoms. The van der Waals surface area contributed by atoms with Gasteiger partial charge in [-0.25, -0.2) is 17.5 Å². The predicted octanol–water partition coefficient (Wildman–Crippen LogP) is 0.700. The van der Waals surface area contributed by atoms with Gasteiger partial charge in [-0.15, -0.1) is 0 Å². The largest absolute Gasteiger partial charge is 0.342 e. The molecule has 3 fully saturated rings. The Morgan fingerprint density at radius 3 is 2.26 bits per heavy atom. The van der Waals surface area contributed by atoms with Crippen molar-refractivity contribution >= 4 is 22.0 Å². The number of sulfonamides is 1. The van der Waals surface area contributed by atoms with Gasteiger partial charge in [0.15, 0.2) is 0 Å². The molecule has 1 unspecified atom stereocenters. The highest BCUT2D eigenvalue weighted by molar-refractivity contribution is 7.88. The van der Waals surface area contributed by atoms with Gasteiger partial charge in [0.1, 0.15) is 0 Å². The average molecular weight is 401 g/mol. The Kier molecular flexibility index (Phi) is 5.22. The standard InChI is InChI=1S/C18H32N4O4S/c1-5-20-11-8-18(15(20)23)13-22(27(4,25)26)12-17(18)6-9-21(10-7-17)16(24)19-14(2)3/h14H,5-13H2,1-4H3,(H,19,24). The van der Waals surface area contributed by atoms with Gasteiger partial charge in [-0.05, 0) is 40.0 Å². The summed E-state index contributed by atoms with van der Waals surface area (Å²) in [7, 11) is -3.37. The fraction of sp³-hybridized carbons (Fsp3) is 0.889. The van der Waals surface area contributed by atoms with E-state index in [4.69, 9.17) is 0 Å². The second-order valence-corrected chi connectivity index (χ2v) is 10.6. The van der Waals surface area contributed by atoms with Gasteiger partial charge in [-0.3, -0.25) is 4.79 Å². The molecule has 3 aliphatic heterocycles. The van der Waals surface area contributed by atoms with Crippen molar-refractivity contribution in [1.29, 1.82) is 0 Å². The Hall–Kier alpha value is -1.35. The van der Waals surface area contributed by atoms with E-state index in [9.17, 15) is 18.0 Å². The minimum Gasteiger partial charge on any atom is -0.342 e. The third-order valence-corrected chi connectivity index (χ3v) is 7.91. The summed E-state index contributed by atoms with van der Waals surface area (Å²) < 4.78 is 26.0. The second kappa shape index (κ2) is 6.92. The van der Waals surface area contributed by atoms with Crippen molar-refractivity contribution in [2.24, 2.45) is 10.8 Å². The van der Waals surface area contributed by atoms with Crippen LogP contribution in [0.25, 0.3) is 0 Å². The number of carbonyl (C=O) groups excluding carboxylic acids is 2. The first kappa shape index (κ1) is 20.4. The molecule has 0 bridgehead atoms. The Balaban J connectivity index is 1.86. The van der Waals surface area contributed by atoms with Crippen LogP contribution in [0.2, 0.25) is 0 Å². The van der Waals surface area contributed by atoms with Crippen molar-refractivity contribution in [3.8, 4) is 0 Å². The monoisotopic (exact) mass is 400 g/mol. The molecule has 0 aromatic rings. The number of rotatable bonds is 3. The van der Waals surface area contributed by atoms with Crippen LogP contribution in [0.1, 0.15) is 40.0 Å². The number of piperidine rings is 1. The number of hydrogen-bond acceptors (Lipinski definition) is 4. The highest BCUT2D eigenvalue weighted by Crippen LogP contribution is 2.58. The fourth-order valence-corrected chi connectivity index (χ4v) is 6.07. The van der Waals surface area contributed by atoms with Crippen LogP contribution in [0, 0.1) is 10.8 Å². The van der Waals surface area contributed by atoms with E-state index in [1.165, 1.54) is 10.6 Å². The molecule has 27 heavy (non-hydrogen) atoms. The van der Waals surface area contributed by atoms with E-state index in [-0.39, 0.29) is 29.9 Å². The maximum absolute atomic E-state index is 13.3. The summed E-state index contributed by atoms with van der Waals surface area (Å²) in [4.78, 5) is 29.3. The Morgan fingerprint density at radius 2 is 1.78 bits per heavy atom. The molecule has 3 saturated heterocycles. The average Bonchev–Trinajstić information content (AvgIpc) is 3.07. The molecule has 2 spiro atoms. The molecule has 3 heterocycles. The minimum absolute atomic E-state index is 0.0708. The number of fused-ring (bicyclic) bond motifs is 1. The van der Waals surface area contributed by atoms with Crippen molar-refractivity contribution < 1.29 is 18.0 Å². The van der Waals surface area contributed by atoms with Gasteiger partial charge in [0, 0.05) is 50.7 Å². The van der Waals surface area contributed by atoms with E-state index in [0.717, 1.165) is 0 Å². The van der Waals surface area contributed by atoms with Crippen LogP contribution in [0.4, 0.5) is 4.79 Å². The van der Waals surface area contributed by atoms with Crippen LogP contribution in [-0.2, 0) is 14.8 Å². The lowest BCUT2D eigenvalue weighted by molar-refractivity contribution is -0.141. The van der Waals surface area contributed by atoms with Gasteiger partial charge >= 0.3 is 6.03 Å². The summed E-state index contributed by atoms with van der Waals surface area (Å²) in [5.41, 5.74) is -1.03. The van der Waals surface area contributed by atoms with Gasteiger partial charge < -0.3 is 15.1 Å². The summed E-state index contributed by atoms with van der Waals surface area (Å²) in [6.07, 6.45) is 3.24. The molecule has 3 aliphatic rings. The first-order valence-electron chi connectivity index (χ1n) is 9.85. The van der Waals surface area contributed by atoms with Crippen molar-refractivity contribution in [2.75, 3.05) is 45.5 Å². The van der Waals surface area contributed by atoms with E-state index in [2.05, 4.69) is 5.32 Å². The van der Waals surface area contributed by atoms with Gasteiger partial charge in [0.05, 0.1) is 11.7 Å². The number of likely N-dealkylation sites (tertiary alicyclic amines) is 2. The van der Waals surface area contributed by atoms with Crippen LogP contribution < -0.4 is 5.32 Å². The third kappa shape index (κ3) is 3.33. The topological polar surface area (TPSA) is 90.0 Å². The lowest BCUT2D eigenvalue weighted by Gasteiger charge is -2.46. The quantitative estimate of drug-likeness (QED) is 0.755. The minimum atomic E-state index is -3.37. The van der Waals surface area contributed by atoms with E-state index in [0.29, 0.717) is 52.0 Å². The molecule has 8 nitrogen and oxygen atoms in total. The van der Waals surface area contributed by atoms with Crippen molar-refractivity contribution in [3.63, 3.8) is 0 Å². The summed E-state index contributed by atoms with van der Waals surface area (Å²) in [5, 5.41) is 2.92. The van der Waals surface area contributed by atoms with Gasteiger partial charge in [-0.2, -0.15) is 0 Å². The number of hydrogen-bond donors (Lipinski definition) is 1. The molecule has 3 amide bonds. The normalized spacial score (nSPS) is 28.7. The van der Waals surface area contributed by atoms with Crippen molar-refractivity contribution in [1.82, 2.24) is 19.4 Å². The molecule has 1 N–H and O–H groups in total. The van der Waals surface area contributed by atoms with E-state index in [1.807, 2.05) is 25.7 Å². The van der Waals surface area contributed by atoms with Crippen LogP contribution in [0.5, 0.6) is 0 Å². The summed E-state index contributed by atoms with van der Waals surface area (Å²) in [5.74, 6) is 0.0937. The number of urea groups is 1. The maximum atomic E-state index is 13.3. The van der Waals surface area contributed by atoms with Crippen LogP contribution in [-0.4, -0.2) is 86.0 Å². The molecule has 0 radical (unpaired) electrons. The Morgan fingerprint density at radius 1 is 1.15 bits per heavy atom. The van der Waals surface area contributed by atoms with Crippen LogP contribution >= 0.6 is 0 Å². The smallest absolute Gasteiger partial charge is 0.317 e. The van der Waals surface area contributed by atoms with Gasteiger partial charge in [-0.1, -0.05) is 0 Å². The fourth-order valence-electron chi connectivity index (χ4n) is 5.14. The summed E-state index contributed by atoms with van der Waals surface area (Å²) >= 11 is 0. The first-order chi connectivity index (χ1) is 12.5. The molecule has 0 aromatic heterocycles. The van der Waals surface area contributed by atoms with E-state index in [1.54, 1.807) is 4.90 Å². The molecule has 0 aliphatic carbocycles. The zero-order valence-electron chi connectivity index (χ0n) is 16.8. The first-order valence-corrected chi connectivity index (χ1v) is 11.7. The number of carbonyl (C=O) groups is 2. The molecule has 3 rings (SSSR count). The molecule has 1 atom stereocenters. The number of amides is 3. The van der Waals surface area contributed by atoms with Crippen molar-refractivity contribution in [2.45, 2.75) is 46.1 Å². The zero-order valence-corrected chi connectivity index (χ0v) is 17.6. The summed E-state index contributed by atoms with van der Waals surface area (Å²) in [6.45, 7) is 8.92. The predicted molar refractivity (Wildman–Crippen MR) is 103 cm³/mol. The Labute approximate surface area is 162 Å². The van der Waals surface area contributed by atoms with E-state index < -0.39 is 15.4 Å². The maximum Gasteiger partial charge on any atom is 0.317 e. The van der Waals surface area contributed by atoms with Crippen molar-refractivity contribution in [3.05, 3.63) is 0 Å². The summed E-state index contributed by atoms with van der Waals surface area (Å²) in [6, 6.07) is -0.0127. The van der Waals surface area contributed by atoms with Gasteiger partial charge in [0.25, 0.3) is 0 Å². The third-order valence-electron chi connectivity index (χ3n) is 6.72. The van der Waals surface area contributed by atoms with Crippen LogP contribution in [0.15, 0.2) is 0 Å². The lowest BCUT2D eigenvalue weighted by Crippen LogP contribution is -2.55. The van der Waals surface area contributed by atoms with Gasteiger partial charge in [0.2, 0.25) is 15.9 Å². The van der Waals surface area contributed by atoms with E-state index >= 15 is 0 Å². The SMILES string of the molecule is CCN1CCC2(CN(S(C)(=O)=O)CC23CCN(C(=O)NC(C)C)CC3)C1=O. The zero-order chi connectivity index (χ0) is 20.0. The molecule has 154 valence electrons. The highest BCUT2D eigenvalue weighted by atomic mass is 32.2. The van der Waals surface area contributed by atoms with Crippen LogP contribution in [0.3, 0.4) is 0 Å². The second-order valence-electron chi connectivity index (χ2n) is 8.62. The molecular weight excluding hydrogens is 368 g/mol. The Bertz CT molecular complexity index is 715. The molecule has 0 saturated carbocycles.